The van der Waals surface area contributed by atoms with Gasteiger partial charge in [-0.2, -0.15) is 0 Å². The van der Waals surface area contributed by atoms with Crippen LogP contribution < -0.4 is 5.32 Å². The molecule has 24 heavy (non-hydrogen) atoms. The fourth-order valence-corrected chi connectivity index (χ4v) is 5.24. The van der Waals surface area contributed by atoms with Crippen molar-refractivity contribution in [3.05, 3.63) is 0 Å². The summed E-state index contributed by atoms with van der Waals surface area (Å²) in [7, 11) is 1.91. The molecule has 1 saturated heterocycles. The lowest BCUT2D eigenvalue weighted by Gasteiger charge is -2.57. The molecule has 0 radical (unpaired) electrons. The molecule has 2 amide bonds. The van der Waals surface area contributed by atoms with E-state index in [0.29, 0.717) is 12.3 Å². The maximum Gasteiger partial charge on any atom is 0.224 e. The SMILES string of the molecule is C[C@H](CC(=O)N(C)[C@@H]1[C@H]2CCO[C@H]2C1(C)C)NC(=O)C1CCCC1. The summed E-state index contributed by atoms with van der Waals surface area (Å²) >= 11 is 0. The Kier molecular flexibility index (Phi) is 4.92. The van der Waals surface area contributed by atoms with Crippen molar-refractivity contribution in [2.24, 2.45) is 17.3 Å². The van der Waals surface area contributed by atoms with Crippen molar-refractivity contribution in [1.82, 2.24) is 10.2 Å². The average molecular weight is 336 g/mol. The van der Waals surface area contributed by atoms with Gasteiger partial charge in [-0.25, -0.2) is 0 Å². The number of carbonyl (C=O) groups is 2. The molecule has 2 aliphatic carbocycles. The molecule has 0 spiro atoms. The maximum absolute atomic E-state index is 12.7. The number of ether oxygens (including phenoxy) is 1. The van der Waals surface area contributed by atoms with Gasteiger partial charge >= 0.3 is 0 Å². The summed E-state index contributed by atoms with van der Waals surface area (Å²) in [6.07, 6.45) is 5.99. The molecular formula is C19H32N2O3. The molecule has 5 heteroatoms. The van der Waals surface area contributed by atoms with E-state index in [0.717, 1.165) is 38.7 Å². The third-order valence-electron chi connectivity index (χ3n) is 6.44. The minimum atomic E-state index is -0.105. The van der Waals surface area contributed by atoms with Gasteiger partial charge in [-0.1, -0.05) is 26.7 Å². The van der Waals surface area contributed by atoms with Gasteiger partial charge in [0.25, 0.3) is 0 Å². The molecular weight excluding hydrogens is 304 g/mol. The number of nitrogens with zero attached hydrogens (tertiary/aromatic N) is 1. The van der Waals surface area contributed by atoms with E-state index in [1.54, 1.807) is 0 Å². The van der Waals surface area contributed by atoms with Gasteiger partial charge in [0.15, 0.2) is 0 Å². The molecule has 1 aliphatic heterocycles. The van der Waals surface area contributed by atoms with Gasteiger partial charge in [0.05, 0.1) is 6.10 Å². The lowest BCUT2D eigenvalue weighted by atomic mass is 9.56. The fraction of sp³-hybridized carbons (Fsp3) is 0.895. The maximum atomic E-state index is 12.7. The molecule has 0 bridgehead atoms. The first-order valence-electron chi connectivity index (χ1n) is 9.50. The minimum Gasteiger partial charge on any atom is -0.377 e. The molecule has 3 aliphatic rings. The Hall–Kier alpha value is -1.10. The molecule has 0 aromatic rings. The predicted molar refractivity (Wildman–Crippen MR) is 92.4 cm³/mol. The Labute approximate surface area is 145 Å². The van der Waals surface area contributed by atoms with Crippen molar-refractivity contribution < 1.29 is 14.3 Å². The lowest BCUT2D eigenvalue weighted by Crippen LogP contribution is -2.67. The zero-order valence-electron chi connectivity index (χ0n) is 15.5. The smallest absolute Gasteiger partial charge is 0.224 e. The third-order valence-corrected chi connectivity index (χ3v) is 6.44. The van der Waals surface area contributed by atoms with Crippen LogP contribution in [0.3, 0.4) is 0 Å². The van der Waals surface area contributed by atoms with E-state index in [2.05, 4.69) is 19.2 Å². The van der Waals surface area contributed by atoms with E-state index in [9.17, 15) is 9.59 Å². The van der Waals surface area contributed by atoms with Gasteiger partial charge in [0, 0.05) is 49.4 Å². The van der Waals surface area contributed by atoms with Crippen molar-refractivity contribution >= 4 is 11.8 Å². The van der Waals surface area contributed by atoms with E-state index in [1.165, 1.54) is 0 Å². The first kappa shape index (κ1) is 17.7. The molecule has 0 unspecified atom stereocenters. The van der Waals surface area contributed by atoms with Crippen LogP contribution in [0.4, 0.5) is 0 Å². The van der Waals surface area contributed by atoms with Gasteiger partial charge in [-0.15, -0.1) is 0 Å². The van der Waals surface area contributed by atoms with Crippen molar-refractivity contribution in [2.75, 3.05) is 13.7 Å². The largest absolute Gasteiger partial charge is 0.377 e. The third kappa shape index (κ3) is 3.07. The van der Waals surface area contributed by atoms with E-state index in [4.69, 9.17) is 4.74 Å². The van der Waals surface area contributed by atoms with E-state index in [-0.39, 0.29) is 41.3 Å². The molecule has 1 heterocycles. The van der Waals surface area contributed by atoms with Crippen molar-refractivity contribution in [3.8, 4) is 0 Å². The van der Waals surface area contributed by atoms with Crippen molar-refractivity contribution in [1.29, 1.82) is 0 Å². The van der Waals surface area contributed by atoms with Crippen molar-refractivity contribution in [2.45, 2.75) is 77.5 Å². The Balaban J connectivity index is 1.51. The highest BCUT2D eigenvalue weighted by Gasteiger charge is 2.61. The molecule has 3 rings (SSSR count). The highest BCUT2D eigenvalue weighted by atomic mass is 16.5. The summed E-state index contributed by atoms with van der Waals surface area (Å²) in [5, 5.41) is 3.04. The van der Waals surface area contributed by atoms with Crippen LogP contribution in [0.2, 0.25) is 0 Å². The molecule has 0 aromatic heterocycles. The van der Waals surface area contributed by atoms with Gasteiger partial charge in [-0.05, 0) is 26.2 Å². The number of hydrogen-bond donors (Lipinski definition) is 1. The zero-order valence-corrected chi connectivity index (χ0v) is 15.5. The van der Waals surface area contributed by atoms with E-state index in [1.807, 2.05) is 18.9 Å². The number of nitrogens with one attached hydrogen (secondary N) is 1. The van der Waals surface area contributed by atoms with E-state index >= 15 is 0 Å². The lowest BCUT2D eigenvalue weighted by molar-refractivity contribution is -0.167. The second kappa shape index (κ2) is 6.66. The predicted octanol–water partition coefficient (Wildman–Crippen LogP) is 2.34. The molecule has 136 valence electrons. The topological polar surface area (TPSA) is 58.6 Å². The van der Waals surface area contributed by atoms with Crippen LogP contribution in [0.15, 0.2) is 0 Å². The monoisotopic (exact) mass is 336 g/mol. The van der Waals surface area contributed by atoms with Gasteiger partial charge in [0.1, 0.15) is 0 Å². The standard InChI is InChI=1S/C19H32N2O3/c1-12(20-18(23)13-7-5-6-8-13)11-15(22)21(4)16-14-9-10-24-17(14)19(16,2)3/h12-14,16-17H,5-11H2,1-4H3,(H,20,23)/t12-,14-,16-,17-/m1/s1. The van der Waals surface area contributed by atoms with Gasteiger partial charge in [0.2, 0.25) is 11.8 Å². The van der Waals surface area contributed by atoms with Crippen LogP contribution in [0.1, 0.15) is 59.3 Å². The van der Waals surface area contributed by atoms with Crippen LogP contribution >= 0.6 is 0 Å². The summed E-state index contributed by atoms with van der Waals surface area (Å²) in [5.74, 6) is 0.876. The molecule has 2 saturated carbocycles. The number of carbonyl (C=O) groups excluding carboxylic acids is 2. The number of hydrogen-bond acceptors (Lipinski definition) is 3. The highest BCUT2D eigenvalue weighted by molar-refractivity contribution is 5.81. The van der Waals surface area contributed by atoms with Gasteiger partial charge in [-0.3, -0.25) is 9.59 Å². The summed E-state index contributed by atoms with van der Waals surface area (Å²) in [5.41, 5.74) is 0.0158. The van der Waals surface area contributed by atoms with E-state index < -0.39 is 0 Å². The summed E-state index contributed by atoms with van der Waals surface area (Å²) < 4.78 is 5.82. The minimum absolute atomic E-state index is 0.0158. The van der Waals surface area contributed by atoms with Crippen molar-refractivity contribution in [3.63, 3.8) is 0 Å². The quantitative estimate of drug-likeness (QED) is 0.838. The zero-order chi connectivity index (χ0) is 17.5. The number of amides is 2. The fourth-order valence-electron chi connectivity index (χ4n) is 5.24. The summed E-state index contributed by atoms with van der Waals surface area (Å²) in [4.78, 5) is 26.8. The second-order valence-electron chi connectivity index (χ2n) is 8.61. The van der Waals surface area contributed by atoms with Crippen LogP contribution in [-0.2, 0) is 14.3 Å². The normalized spacial score (nSPS) is 32.8. The van der Waals surface area contributed by atoms with Gasteiger partial charge < -0.3 is 15.0 Å². The summed E-state index contributed by atoms with van der Waals surface area (Å²) in [6, 6.07) is 0.141. The Morgan fingerprint density at radius 1 is 1.25 bits per heavy atom. The molecule has 0 aromatic carbocycles. The first-order chi connectivity index (χ1) is 11.3. The summed E-state index contributed by atoms with van der Waals surface area (Å²) in [6.45, 7) is 7.13. The van der Waals surface area contributed by atoms with Crippen LogP contribution in [0.25, 0.3) is 0 Å². The number of rotatable bonds is 5. The molecule has 1 N–H and O–H groups in total. The second-order valence-corrected chi connectivity index (χ2v) is 8.61. The molecule has 3 fully saturated rings. The Morgan fingerprint density at radius 2 is 1.92 bits per heavy atom. The average Bonchev–Trinajstić information content (AvgIpc) is 3.16. The van der Waals surface area contributed by atoms with Crippen LogP contribution in [-0.4, -0.2) is 48.6 Å². The number of fused-ring (bicyclic) bond motifs is 1. The molecule has 5 nitrogen and oxygen atoms in total. The Bertz CT molecular complexity index is 499. The highest BCUT2D eigenvalue weighted by Crippen LogP contribution is 2.54. The Morgan fingerprint density at radius 3 is 2.58 bits per heavy atom. The van der Waals surface area contributed by atoms with Crippen LogP contribution in [0, 0.1) is 17.3 Å². The molecule has 4 atom stereocenters. The van der Waals surface area contributed by atoms with Crippen LogP contribution in [0.5, 0.6) is 0 Å². The first-order valence-corrected chi connectivity index (χ1v) is 9.50.